The van der Waals surface area contributed by atoms with E-state index in [-0.39, 0.29) is 11.9 Å². The molecule has 1 unspecified atom stereocenters. The molecule has 21 heavy (non-hydrogen) atoms. The van der Waals surface area contributed by atoms with Crippen molar-refractivity contribution >= 4 is 11.0 Å². The molecule has 3 N–H and O–H groups in total. The van der Waals surface area contributed by atoms with Gasteiger partial charge in [0.05, 0.1) is 6.04 Å². The van der Waals surface area contributed by atoms with Gasteiger partial charge in [0.1, 0.15) is 17.2 Å². The van der Waals surface area contributed by atoms with E-state index in [9.17, 15) is 4.39 Å². The number of fused-ring (bicyclic) bond motifs is 1. The largest absolute Gasteiger partial charge is 0.459 e. The monoisotopic (exact) mass is 290 g/mol. The molecule has 4 heteroatoms. The minimum atomic E-state index is -0.244. The fourth-order valence-electron chi connectivity index (χ4n) is 3.39. The van der Waals surface area contributed by atoms with Crippen molar-refractivity contribution < 1.29 is 8.81 Å². The predicted octanol–water partition coefficient (Wildman–Crippen LogP) is 4.29. The van der Waals surface area contributed by atoms with Crippen molar-refractivity contribution in [1.82, 2.24) is 5.43 Å². The van der Waals surface area contributed by atoms with E-state index in [1.165, 1.54) is 25.0 Å². The molecule has 0 spiro atoms. The summed E-state index contributed by atoms with van der Waals surface area (Å²) < 4.78 is 19.2. The van der Waals surface area contributed by atoms with E-state index in [0.717, 1.165) is 24.0 Å². The molecule has 1 aliphatic carbocycles. The minimum Gasteiger partial charge on any atom is -0.459 e. The van der Waals surface area contributed by atoms with Gasteiger partial charge in [-0.05, 0) is 61.3 Å². The van der Waals surface area contributed by atoms with Crippen molar-refractivity contribution in [1.29, 1.82) is 0 Å². The lowest BCUT2D eigenvalue weighted by atomic mass is 9.71. The zero-order valence-electron chi connectivity index (χ0n) is 12.7. The number of hydrazine groups is 1. The number of rotatable bonds is 3. The van der Waals surface area contributed by atoms with Gasteiger partial charge in [0.25, 0.3) is 0 Å². The van der Waals surface area contributed by atoms with Gasteiger partial charge < -0.3 is 4.42 Å². The maximum atomic E-state index is 13.3. The molecule has 0 aliphatic heterocycles. The molecule has 1 aromatic heterocycles. The van der Waals surface area contributed by atoms with Crippen LogP contribution in [-0.2, 0) is 0 Å². The quantitative estimate of drug-likeness (QED) is 0.655. The van der Waals surface area contributed by atoms with Crippen LogP contribution >= 0.6 is 0 Å². The molecule has 1 fully saturated rings. The standard InChI is InChI=1S/C17H23FN2O/c1-17(2)7-5-11(6-8-17)16(20-19)15-10-12-9-13(18)3-4-14(12)21-15/h3-4,9-11,16,20H,5-8,19H2,1-2H3. The first-order chi connectivity index (χ1) is 9.98. The zero-order chi connectivity index (χ0) is 15.0. The number of nitrogens with one attached hydrogen (secondary N) is 1. The van der Waals surface area contributed by atoms with Gasteiger partial charge in [-0.1, -0.05) is 13.8 Å². The minimum absolute atomic E-state index is 0.00318. The molecule has 0 radical (unpaired) electrons. The highest BCUT2D eigenvalue weighted by Crippen LogP contribution is 2.43. The molecular formula is C17H23FN2O. The van der Waals surface area contributed by atoms with Gasteiger partial charge in [-0.2, -0.15) is 0 Å². The molecule has 1 aliphatic rings. The third kappa shape index (κ3) is 2.97. The van der Waals surface area contributed by atoms with Gasteiger partial charge in [-0.3, -0.25) is 5.84 Å². The average Bonchev–Trinajstić information content (AvgIpc) is 2.84. The highest BCUT2D eigenvalue weighted by atomic mass is 19.1. The molecule has 0 saturated heterocycles. The Morgan fingerprint density at radius 3 is 2.67 bits per heavy atom. The molecule has 1 atom stereocenters. The van der Waals surface area contributed by atoms with Crippen molar-refractivity contribution in [2.45, 2.75) is 45.6 Å². The number of benzene rings is 1. The molecule has 1 heterocycles. The van der Waals surface area contributed by atoms with E-state index in [1.54, 1.807) is 6.07 Å². The molecule has 1 saturated carbocycles. The Labute approximate surface area is 124 Å². The Balaban J connectivity index is 1.84. The topological polar surface area (TPSA) is 51.2 Å². The van der Waals surface area contributed by atoms with Crippen LogP contribution in [0.3, 0.4) is 0 Å². The van der Waals surface area contributed by atoms with Crippen LogP contribution in [-0.4, -0.2) is 0 Å². The third-order valence-electron chi connectivity index (χ3n) is 4.84. The van der Waals surface area contributed by atoms with Crippen molar-refractivity contribution in [3.05, 3.63) is 35.8 Å². The molecule has 0 bridgehead atoms. The summed E-state index contributed by atoms with van der Waals surface area (Å²) in [6, 6.07) is 6.49. The van der Waals surface area contributed by atoms with Gasteiger partial charge in [0.2, 0.25) is 0 Å². The lowest BCUT2D eigenvalue weighted by Crippen LogP contribution is -2.36. The van der Waals surface area contributed by atoms with Crippen LogP contribution in [0.15, 0.2) is 28.7 Å². The van der Waals surface area contributed by atoms with Crippen molar-refractivity contribution in [3.63, 3.8) is 0 Å². The Hall–Kier alpha value is -1.39. The van der Waals surface area contributed by atoms with Crippen LogP contribution in [0.25, 0.3) is 11.0 Å². The van der Waals surface area contributed by atoms with Gasteiger partial charge in [0.15, 0.2) is 0 Å². The smallest absolute Gasteiger partial charge is 0.134 e. The van der Waals surface area contributed by atoms with Crippen molar-refractivity contribution in [2.75, 3.05) is 0 Å². The maximum absolute atomic E-state index is 13.3. The van der Waals surface area contributed by atoms with Gasteiger partial charge in [-0.25, -0.2) is 9.82 Å². The van der Waals surface area contributed by atoms with Crippen LogP contribution in [0.5, 0.6) is 0 Å². The summed E-state index contributed by atoms with van der Waals surface area (Å²) in [5.74, 6) is 6.80. The Kier molecular flexibility index (Phi) is 3.76. The third-order valence-corrected chi connectivity index (χ3v) is 4.84. The SMILES string of the molecule is CC1(C)CCC(C(NN)c2cc3cc(F)ccc3o2)CC1. The van der Waals surface area contributed by atoms with Gasteiger partial charge in [0, 0.05) is 5.39 Å². The van der Waals surface area contributed by atoms with Crippen LogP contribution in [0.2, 0.25) is 0 Å². The lowest BCUT2D eigenvalue weighted by molar-refractivity contribution is 0.153. The van der Waals surface area contributed by atoms with Crippen LogP contribution in [0.4, 0.5) is 4.39 Å². The summed E-state index contributed by atoms with van der Waals surface area (Å²) in [4.78, 5) is 0. The van der Waals surface area contributed by atoms with E-state index in [0.29, 0.717) is 16.9 Å². The summed E-state index contributed by atoms with van der Waals surface area (Å²) in [6.45, 7) is 4.64. The second-order valence-corrected chi connectivity index (χ2v) is 6.98. The van der Waals surface area contributed by atoms with E-state index >= 15 is 0 Å². The molecule has 2 aromatic rings. The van der Waals surface area contributed by atoms with Gasteiger partial charge in [-0.15, -0.1) is 0 Å². The second kappa shape index (κ2) is 5.43. The first kappa shape index (κ1) is 14.5. The van der Waals surface area contributed by atoms with E-state index < -0.39 is 0 Å². The van der Waals surface area contributed by atoms with E-state index in [1.807, 2.05) is 6.07 Å². The number of halogens is 1. The number of hydrogen-bond acceptors (Lipinski definition) is 3. The van der Waals surface area contributed by atoms with Crippen molar-refractivity contribution in [2.24, 2.45) is 17.2 Å². The highest BCUT2D eigenvalue weighted by Gasteiger charge is 2.33. The van der Waals surface area contributed by atoms with Crippen LogP contribution in [0.1, 0.15) is 51.3 Å². The number of hydrogen-bond donors (Lipinski definition) is 2. The Bertz CT molecular complexity index is 625. The van der Waals surface area contributed by atoms with E-state index in [4.69, 9.17) is 10.3 Å². The lowest BCUT2D eigenvalue weighted by Gasteiger charge is -2.37. The first-order valence-electron chi connectivity index (χ1n) is 7.64. The molecule has 1 aromatic carbocycles. The summed E-state index contributed by atoms with van der Waals surface area (Å²) in [5.41, 5.74) is 4.04. The van der Waals surface area contributed by atoms with Crippen LogP contribution < -0.4 is 11.3 Å². The normalized spacial score (nSPS) is 20.8. The molecule has 0 amide bonds. The van der Waals surface area contributed by atoms with E-state index in [2.05, 4.69) is 19.3 Å². The number of furan rings is 1. The predicted molar refractivity (Wildman–Crippen MR) is 82.0 cm³/mol. The number of nitrogens with two attached hydrogens (primary N) is 1. The summed E-state index contributed by atoms with van der Waals surface area (Å²) in [7, 11) is 0. The molecule has 114 valence electrons. The molecule has 3 rings (SSSR count). The average molecular weight is 290 g/mol. The van der Waals surface area contributed by atoms with Crippen molar-refractivity contribution in [3.8, 4) is 0 Å². The summed E-state index contributed by atoms with van der Waals surface area (Å²) >= 11 is 0. The highest BCUT2D eigenvalue weighted by molar-refractivity contribution is 5.78. The zero-order valence-corrected chi connectivity index (χ0v) is 12.7. The summed E-state index contributed by atoms with van der Waals surface area (Å²) in [5, 5.41) is 0.793. The fourth-order valence-corrected chi connectivity index (χ4v) is 3.39. The maximum Gasteiger partial charge on any atom is 0.134 e. The Morgan fingerprint density at radius 2 is 2.00 bits per heavy atom. The second-order valence-electron chi connectivity index (χ2n) is 6.98. The molecule has 3 nitrogen and oxygen atoms in total. The fraction of sp³-hybridized carbons (Fsp3) is 0.529. The van der Waals surface area contributed by atoms with Crippen LogP contribution in [0, 0.1) is 17.2 Å². The van der Waals surface area contributed by atoms with Gasteiger partial charge >= 0.3 is 0 Å². The summed E-state index contributed by atoms with van der Waals surface area (Å²) in [6.07, 6.45) is 4.66. The Morgan fingerprint density at radius 1 is 1.29 bits per heavy atom. The molecular weight excluding hydrogens is 267 g/mol. The first-order valence-corrected chi connectivity index (χ1v) is 7.64.